The van der Waals surface area contributed by atoms with E-state index in [9.17, 15) is 111 Å². The van der Waals surface area contributed by atoms with Crippen LogP contribution in [0.4, 0.5) is 22.7 Å². The molecule has 42 heteroatoms. The van der Waals surface area contributed by atoms with E-state index in [2.05, 4.69) is 52.9 Å². The van der Waals surface area contributed by atoms with Crippen LogP contribution in [0.2, 0.25) is 0 Å². The van der Waals surface area contributed by atoms with E-state index in [1.165, 1.54) is 31.2 Å². The van der Waals surface area contributed by atoms with Crippen LogP contribution in [0.1, 0.15) is 108 Å². The number of carboxylic acids is 4. The third kappa shape index (κ3) is 30.6. The number of primary amides is 1. The van der Waals surface area contributed by atoms with Gasteiger partial charge in [-0.25, -0.2) is 13.8 Å². The summed E-state index contributed by atoms with van der Waals surface area (Å²) in [4.78, 5) is 215. The number of aliphatic hydroxyl groups is 1. The van der Waals surface area contributed by atoms with Gasteiger partial charge in [0.2, 0.25) is 58.1 Å². The molecule has 110 heavy (non-hydrogen) atoms. The lowest BCUT2D eigenvalue weighted by atomic mass is 10.0. The van der Waals surface area contributed by atoms with Gasteiger partial charge in [-0.05, 0) is 119 Å². The second kappa shape index (κ2) is 44.9. The summed E-state index contributed by atoms with van der Waals surface area (Å²) in [6.07, 6.45) is -7.78. The maximum absolute atomic E-state index is 14.5. The van der Waals surface area contributed by atoms with E-state index in [0.717, 1.165) is 25.6 Å². The lowest BCUT2D eigenvalue weighted by Gasteiger charge is -2.27. The molecule has 0 saturated heterocycles. The molecule has 0 saturated carbocycles. The van der Waals surface area contributed by atoms with E-state index in [-0.39, 0.29) is 44.3 Å². The molecule has 1 unspecified atom stereocenters. The summed E-state index contributed by atoms with van der Waals surface area (Å²) < 4.78 is 32.8. The molecule has 4 rings (SSSR count). The fourth-order valence-electron chi connectivity index (χ4n) is 10.1. The Morgan fingerprint density at radius 1 is 0.545 bits per heavy atom. The Bertz CT molecular complexity index is 4040. The van der Waals surface area contributed by atoms with Crippen molar-refractivity contribution in [3.8, 4) is 0 Å². The lowest BCUT2D eigenvalue weighted by Crippen LogP contribution is -2.60. The van der Waals surface area contributed by atoms with Crippen LogP contribution >= 0.6 is 0 Å². The number of nitrogens with one attached hydrogen (secondary N) is 11. The fourth-order valence-corrected chi connectivity index (χ4v) is 11.2. The Hall–Kier alpha value is -12.2. The van der Waals surface area contributed by atoms with E-state index in [0.29, 0.717) is 34.4 Å². The predicted molar refractivity (Wildman–Crippen MR) is 386 cm³/mol. The second-order valence-electron chi connectivity index (χ2n) is 24.7. The Morgan fingerprint density at radius 2 is 1.01 bits per heavy atom. The molecule has 41 nitrogen and oxygen atoms in total. The second-order valence-corrected chi connectivity index (χ2v) is 26.2. The average Bonchev–Trinajstić information content (AvgIpc) is 0.776. The van der Waals surface area contributed by atoms with Gasteiger partial charge in [-0.3, -0.25) is 67.1 Å². The average molecular weight is 1560 g/mol. The van der Waals surface area contributed by atoms with Crippen LogP contribution in [0.25, 0.3) is 10.8 Å². The molecule has 10 atom stereocenters. The first-order valence-corrected chi connectivity index (χ1v) is 35.5. The van der Waals surface area contributed by atoms with Crippen LogP contribution in [0.3, 0.4) is 0 Å². The number of anilines is 2. The first-order valence-electron chi connectivity index (χ1n) is 34.1. The number of carboxylic acid groups (broad SMARTS) is 4. The molecule has 10 amide bonds. The fraction of sp³-hybridized carbons (Fsp3) is 0.441. The number of azo groups is 1. The molecule has 4 aromatic rings. The molecule has 0 spiro atoms. The van der Waals surface area contributed by atoms with Crippen molar-refractivity contribution in [2.24, 2.45) is 21.7 Å². The highest BCUT2D eigenvalue weighted by Gasteiger charge is 2.39. The normalized spacial score (nSPS) is 14.0. The largest absolute Gasteiger partial charge is 0.573 e. The van der Waals surface area contributed by atoms with E-state index in [4.69, 9.17) is 20.5 Å². The minimum absolute atomic E-state index is 0.00754. The number of fused-ring (bicyclic) bond motifs is 1. The molecule has 0 fully saturated rings. The summed E-state index contributed by atoms with van der Waals surface area (Å²) in [5, 5.41) is 80.0. The van der Waals surface area contributed by atoms with Crippen molar-refractivity contribution in [1.29, 1.82) is 0 Å². The number of aliphatic hydroxyl groups excluding tert-OH is 1. The molecule has 0 bridgehead atoms. The number of nitrogens with two attached hydrogens (primary N) is 2. The van der Waals surface area contributed by atoms with Gasteiger partial charge in [-0.15, -0.1) is 5.48 Å². The summed E-state index contributed by atoms with van der Waals surface area (Å²) in [7, 11) is -1.38. The first kappa shape index (κ1) is 90.2. The molecule has 4 aromatic carbocycles. The summed E-state index contributed by atoms with van der Waals surface area (Å²) in [6.45, 7) is 2.91. The highest BCUT2D eigenvalue weighted by atomic mass is 32.3. The standard InChI is InChI=1S/C68H90N16O25S/c1-6-44(68(105)108-83-36(2)60(97)80-52(35-85)67(104)75-46(59(70)96)13-7-8-31-72-61(98)38-16-18-39(19-17-38)81-82-40-20-22-41(23-21-40)84(4)5)74-62(99)47(24-27-54(87)88)76-63(100)48(25-28-55(89)90)78-66(103)51(79-64(101)49(26-29-56(91)92)77-65(102)50(33-57(93)94)73-37(3)86)34-58(95)109-110(106,107)53-15-10-11-42-43(53)12-9-14-45(42)71-32-30-69/h9-12,14-23,36,44,46-52,83,85H,6-8,13,24-35,69H2,1-5H3,(H16-,70,71,72,73,74,75,76,77,78,79,80,86,87,88,89,90,91,92,93,94,96,97,98,99,100,101,102,103,104,106,107)/t36-,44-,46-,47-,48-,49-,50-,51-,52-/m0/s1. The van der Waals surface area contributed by atoms with Gasteiger partial charge < -0.3 is 104 Å². The Labute approximate surface area is 629 Å². The summed E-state index contributed by atoms with van der Waals surface area (Å²) >= 11 is 0. The third-order valence-electron chi connectivity index (χ3n) is 15.9. The molecule has 598 valence electrons. The van der Waals surface area contributed by atoms with Crippen LogP contribution < -0.4 is 75.0 Å². The van der Waals surface area contributed by atoms with Crippen molar-refractivity contribution >= 4 is 139 Å². The molecule has 0 aliphatic heterocycles. The van der Waals surface area contributed by atoms with Crippen LogP contribution in [0.15, 0.2) is 100 Å². The van der Waals surface area contributed by atoms with Gasteiger partial charge in [0.25, 0.3) is 16.4 Å². The van der Waals surface area contributed by atoms with Crippen LogP contribution in [0.5, 0.6) is 0 Å². The number of rotatable bonds is 48. The highest BCUT2D eigenvalue weighted by Crippen LogP contribution is 2.32. The van der Waals surface area contributed by atoms with Crippen molar-refractivity contribution in [2.75, 3.05) is 50.6 Å². The van der Waals surface area contributed by atoms with Crippen LogP contribution in [0, 0.1) is 0 Å². The van der Waals surface area contributed by atoms with Gasteiger partial charge in [0, 0.05) is 87.6 Å². The number of benzene rings is 4. The van der Waals surface area contributed by atoms with Gasteiger partial charge in [-0.1, -0.05) is 29.3 Å². The number of carbonyl (C=O) groups is 16. The molecule has 0 aliphatic carbocycles. The highest BCUT2D eigenvalue weighted by molar-refractivity contribution is 7.93. The number of unbranched alkanes of at least 4 members (excludes halogenated alkanes) is 1. The number of aliphatic carboxylic acids is 4. The van der Waals surface area contributed by atoms with Crippen molar-refractivity contribution in [2.45, 2.75) is 157 Å². The maximum atomic E-state index is 14.5. The molecule has 0 aromatic heterocycles. The summed E-state index contributed by atoms with van der Waals surface area (Å²) in [5.41, 5.74) is 16.1. The number of hydrogen-bond acceptors (Lipinski definition) is 27. The number of amides is 10. The van der Waals surface area contributed by atoms with E-state index < -0.39 is 223 Å². The molecule has 0 radical (unpaired) electrons. The van der Waals surface area contributed by atoms with Crippen molar-refractivity contribution < 1.29 is 120 Å². The monoisotopic (exact) mass is 1560 g/mol. The van der Waals surface area contributed by atoms with Gasteiger partial charge in [0.1, 0.15) is 54.4 Å². The Kier molecular flexibility index (Phi) is 36.8. The quantitative estimate of drug-likeness (QED) is 0.0103. The third-order valence-corrected chi connectivity index (χ3v) is 17.2. The van der Waals surface area contributed by atoms with Gasteiger partial charge in [0.05, 0.1) is 30.8 Å². The molecular weight excluding hydrogens is 1470 g/mol. The minimum atomic E-state index is -5.20. The van der Waals surface area contributed by atoms with E-state index >= 15 is 0 Å². The zero-order valence-electron chi connectivity index (χ0n) is 60.4. The summed E-state index contributed by atoms with van der Waals surface area (Å²) in [5.74, 6) is -21.4. The van der Waals surface area contributed by atoms with E-state index in [1.807, 2.05) is 59.2 Å². The van der Waals surface area contributed by atoms with Gasteiger partial charge in [0.15, 0.2) is 0 Å². The maximum Gasteiger partial charge on any atom is 0.366 e. The van der Waals surface area contributed by atoms with Gasteiger partial charge in [-0.2, -0.15) is 10.2 Å². The molecule has 0 heterocycles. The smallest absolute Gasteiger partial charge is 0.366 e. The van der Waals surface area contributed by atoms with Crippen molar-refractivity contribution in [1.82, 2.24) is 53.3 Å². The topological polar surface area (TPSA) is 645 Å². The van der Waals surface area contributed by atoms with Crippen molar-refractivity contribution in [3.63, 3.8) is 0 Å². The predicted octanol–water partition coefficient (Wildman–Crippen LogP) is -1.58. The first-order chi connectivity index (χ1) is 52.0. The minimum Gasteiger partial charge on any atom is -0.573 e. The van der Waals surface area contributed by atoms with Gasteiger partial charge >= 0.3 is 35.8 Å². The zero-order chi connectivity index (χ0) is 81.9. The van der Waals surface area contributed by atoms with E-state index in [1.54, 1.807) is 30.3 Å². The number of hydrogen-bond donors (Lipinski definition) is 18. The Balaban J connectivity index is 1.47. The van der Waals surface area contributed by atoms with Crippen molar-refractivity contribution in [3.05, 3.63) is 90.5 Å². The molecule has 0 aliphatic rings. The summed E-state index contributed by atoms with van der Waals surface area (Å²) in [6, 6.07) is 5.13. The van der Waals surface area contributed by atoms with Crippen LogP contribution in [-0.2, 0) is 95.6 Å². The SMILES string of the molecule is CC[C@H](NC(=O)[C@H](CCC(=O)O)NC(=O)[C@H](CCC(=O)O)NC(=O)[C@H](CC(=O)O[S+](=O)([O-])c1cccc2c(NCCN)cccc12)NC(=O)[C@H](CCC(=O)O)NC(=O)[C@H](CC(=O)O)NC(C)=O)C(=O)ON[C@@H](C)C(=O)N[C@@H](CO)C(=O)N[C@@H](CCCCNC(=O)c1ccc(N=Nc2ccc(N(C)C)cc2)cc1)C(N)=O. The number of hydroxylamine groups is 1. The lowest BCUT2D eigenvalue weighted by molar-refractivity contribution is -0.158. The molecule has 20 N–H and O–H groups in total. The van der Waals surface area contributed by atoms with Crippen LogP contribution in [-0.4, -0.2) is 220 Å². The molecular formula is C68H90N16O25S. The Morgan fingerprint density at radius 3 is 1.49 bits per heavy atom. The number of carbonyl (C=O) groups excluding carboxylic acids is 12. The number of nitrogens with zero attached hydrogens (tertiary/aromatic N) is 3. The zero-order valence-corrected chi connectivity index (χ0v) is 61.2.